The van der Waals surface area contributed by atoms with E-state index >= 15 is 0 Å². The summed E-state index contributed by atoms with van der Waals surface area (Å²) < 4.78 is 5.45. The molecule has 1 fully saturated rings. The van der Waals surface area contributed by atoms with Crippen molar-refractivity contribution >= 4 is 5.69 Å². The normalized spacial score (nSPS) is 22.3. The molecule has 106 valence electrons. The third-order valence-electron chi connectivity index (χ3n) is 4.48. The Morgan fingerprint density at radius 1 is 1.37 bits per heavy atom. The molecule has 1 aliphatic rings. The van der Waals surface area contributed by atoms with E-state index in [4.69, 9.17) is 4.74 Å². The van der Waals surface area contributed by atoms with Crippen LogP contribution in [0.4, 0.5) is 5.69 Å². The van der Waals surface area contributed by atoms with Crippen LogP contribution < -0.4 is 9.64 Å². The number of benzene rings is 1. The monoisotopic (exact) mass is 263 g/mol. The lowest BCUT2D eigenvalue weighted by molar-refractivity contribution is 0.131. The number of aliphatic hydroxyl groups is 1. The first-order valence-corrected chi connectivity index (χ1v) is 7.07. The molecule has 1 heterocycles. The molecule has 1 N–H and O–H groups in total. The number of ether oxygens (including phenoxy) is 1. The Hall–Kier alpha value is -1.22. The number of nitrogens with zero attached hydrogens (tertiary/aromatic N) is 1. The minimum absolute atomic E-state index is 0.272. The fraction of sp³-hybridized carbons (Fsp3) is 0.625. The van der Waals surface area contributed by atoms with Gasteiger partial charge in [-0.25, -0.2) is 0 Å². The van der Waals surface area contributed by atoms with Crippen LogP contribution in [0.25, 0.3) is 0 Å². The molecule has 0 bridgehead atoms. The molecule has 0 spiro atoms. The number of hydrogen-bond donors (Lipinski definition) is 1. The van der Waals surface area contributed by atoms with Crippen molar-refractivity contribution in [2.75, 3.05) is 31.7 Å². The Balaban J connectivity index is 2.18. The van der Waals surface area contributed by atoms with Crippen molar-refractivity contribution in [1.82, 2.24) is 0 Å². The molecule has 0 amide bonds. The van der Waals surface area contributed by atoms with Gasteiger partial charge in [0.05, 0.1) is 12.8 Å². The van der Waals surface area contributed by atoms with Crippen LogP contribution >= 0.6 is 0 Å². The standard InChI is InChI=1S/C16H25NO2/c1-16(2)9-10-17(12-13(16)8-11-18)14-6-4-5-7-15(14)19-3/h4-7,13,18H,8-12H2,1-3H3. The summed E-state index contributed by atoms with van der Waals surface area (Å²) in [6, 6.07) is 8.18. The topological polar surface area (TPSA) is 32.7 Å². The van der Waals surface area contributed by atoms with Gasteiger partial charge >= 0.3 is 0 Å². The van der Waals surface area contributed by atoms with Gasteiger partial charge in [0.25, 0.3) is 0 Å². The van der Waals surface area contributed by atoms with Gasteiger partial charge in [-0.2, -0.15) is 0 Å². The molecule has 0 saturated carbocycles. The minimum atomic E-state index is 0.272. The van der Waals surface area contributed by atoms with Crippen LogP contribution in [0.3, 0.4) is 0 Å². The Morgan fingerprint density at radius 3 is 2.79 bits per heavy atom. The molecular formula is C16H25NO2. The molecule has 0 aromatic heterocycles. The Kier molecular flexibility index (Phi) is 4.35. The number of rotatable bonds is 4. The van der Waals surface area contributed by atoms with Gasteiger partial charge in [-0.3, -0.25) is 0 Å². The zero-order valence-corrected chi connectivity index (χ0v) is 12.2. The smallest absolute Gasteiger partial charge is 0.142 e. The second-order valence-corrected chi connectivity index (χ2v) is 6.07. The lowest BCUT2D eigenvalue weighted by Crippen LogP contribution is -2.45. The van der Waals surface area contributed by atoms with Gasteiger partial charge in [-0.05, 0) is 36.3 Å². The summed E-state index contributed by atoms with van der Waals surface area (Å²) in [6.07, 6.45) is 2.02. The van der Waals surface area contributed by atoms with Crippen LogP contribution in [-0.2, 0) is 0 Å². The summed E-state index contributed by atoms with van der Waals surface area (Å²) in [5, 5.41) is 9.27. The Labute approximate surface area is 116 Å². The van der Waals surface area contributed by atoms with Gasteiger partial charge in [0, 0.05) is 19.7 Å². The second kappa shape index (κ2) is 5.83. The van der Waals surface area contributed by atoms with E-state index in [-0.39, 0.29) is 6.61 Å². The molecule has 0 radical (unpaired) electrons. The van der Waals surface area contributed by atoms with Crippen molar-refractivity contribution in [3.8, 4) is 5.75 Å². The van der Waals surface area contributed by atoms with E-state index in [2.05, 4.69) is 30.9 Å². The summed E-state index contributed by atoms with van der Waals surface area (Å²) >= 11 is 0. The van der Waals surface area contributed by atoms with Crippen LogP contribution in [0.1, 0.15) is 26.7 Å². The third-order valence-corrected chi connectivity index (χ3v) is 4.48. The third kappa shape index (κ3) is 3.03. The first-order valence-electron chi connectivity index (χ1n) is 7.07. The predicted molar refractivity (Wildman–Crippen MR) is 78.8 cm³/mol. The molecule has 1 aliphatic heterocycles. The maximum Gasteiger partial charge on any atom is 0.142 e. The summed E-state index contributed by atoms with van der Waals surface area (Å²) in [5.41, 5.74) is 1.48. The maximum atomic E-state index is 9.27. The van der Waals surface area contributed by atoms with Crippen LogP contribution in [0.2, 0.25) is 0 Å². The van der Waals surface area contributed by atoms with Crippen molar-refractivity contribution < 1.29 is 9.84 Å². The zero-order chi connectivity index (χ0) is 13.9. The zero-order valence-electron chi connectivity index (χ0n) is 12.2. The molecule has 3 nitrogen and oxygen atoms in total. The van der Waals surface area contributed by atoms with E-state index in [1.54, 1.807) is 7.11 Å². The number of anilines is 1. The van der Waals surface area contributed by atoms with E-state index in [1.807, 2.05) is 12.1 Å². The first kappa shape index (κ1) is 14.2. The van der Waals surface area contributed by atoms with Gasteiger partial charge in [0.2, 0.25) is 0 Å². The lowest BCUT2D eigenvalue weighted by Gasteiger charge is -2.45. The highest BCUT2D eigenvalue weighted by Crippen LogP contribution is 2.40. The van der Waals surface area contributed by atoms with E-state index in [0.717, 1.165) is 31.7 Å². The van der Waals surface area contributed by atoms with Crippen LogP contribution in [0.15, 0.2) is 24.3 Å². The van der Waals surface area contributed by atoms with Crippen molar-refractivity contribution in [3.05, 3.63) is 24.3 Å². The number of hydrogen-bond acceptors (Lipinski definition) is 3. The molecule has 1 aromatic carbocycles. The molecule has 0 aliphatic carbocycles. The fourth-order valence-corrected chi connectivity index (χ4v) is 2.98. The van der Waals surface area contributed by atoms with E-state index < -0.39 is 0 Å². The predicted octanol–water partition coefficient (Wildman–Crippen LogP) is 2.93. The molecule has 1 saturated heterocycles. The number of piperidine rings is 1. The molecule has 19 heavy (non-hydrogen) atoms. The number of para-hydroxylation sites is 2. The van der Waals surface area contributed by atoms with Gasteiger partial charge in [0.1, 0.15) is 5.75 Å². The highest BCUT2D eigenvalue weighted by Gasteiger charge is 2.35. The van der Waals surface area contributed by atoms with Crippen molar-refractivity contribution in [3.63, 3.8) is 0 Å². The average Bonchev–Trinajstić information content (AvgIpc) is 2.41. The SMILES string of the molecule is COc1ccccc1N1CCC(C)(C)C(CCO)C1. The van der Waals surface area contributed by atoms with Gasteiger partial charge in [-0.1, -0.05) is 26.0 Å². The average molecular weight is 263 g/mol. The van der Waals surface area contributed by atoms with E-state index in [1.165, 1.54) is 5.69 Å². The molecule has 1 unspecified atom stereocenters. The van der Waals surface area contributed by atoms with Crippen molar-refractivity contribution in [2.45, 2.75) is 26.7 Å². The molecule has 2 rings (SSSR count). The van der Waals surface area contributed by atoms with Crippen LogP contribution in [0, 0.1) is 11.3 Å². The van der Waals surface area contributed by atoms with Crippen molar-refractivity contribution in [1.29, 1.82) is 0 Å². The van der Waals surface area contributed by atoms with Gasteiger partial charge in [0.15, 0.2) is 0 Å². The Morgan fingerprint density at radius 2 is 2.11 bits per heavy atom. The highest BCUT2D eigenvalue weighted by molar-refractivity contribution is 5.58. The molecular weight excluding hydrogens is 238 g/mol. The van der Waals surface area contributed by atoms with Gasteiger partial charge < -0.3 is 14.7 Å². The quantitative estimate of drug-likeness (QED) is 0.906. The summed E-state index contributed by atoms with van der Waals surface area (Å²) in [5.74, 6) is 1.46. The molecule has 1 atom stereocenters. The van der Waals surface area contributed by atoms with E-state index in [0.29, 0.717) is 11.3 Å². The van der Waals surface area contributed by atoms with E-state index in [9.17, 15) is 5.11 Å². The maximum absolute atomic E-state index is 9.27. The fourth-order valence-electron chi connectivity index (χ4n) is 2.98. The number of aliphatic hydroxyl groups excluding tert-OH is 1. The minimum Gasteiger partial charge on any atom is -0.495 e. The van der Waals surface area contributed by atoms with Crippen molar-refractivity contribution in [2.24, 2.45) is 11.3 Å². The summed E-state index contributed by atoms with van der Waals surface area (Å²) in [4.78, 5) is 2.39. The second-order valence-electron chi connectivity index (χ2n) is 6.07. The highest BCUT2D eigenvalue weighted by atomic mass is 16.5. The molecule has 1 aromatic rings. The largest absolute Gasteiger partial charge is 0.495 e. The van der Waals surface area contributed by atoms with Gasteiger partial charge in [-0.15, -0.1) is 0 Å². The summed E-state index contributed by atoms with van der Waals surface area (Å²) in [7, 11) is 1.72. The number of methoxy groups -OCH3 is 1. The molecule has 3 heteroatoms. The Bertz CT molecular complexity index is 417. The van der Waals surface area contributed by atoms with Crippen LogP contribution in [0.5, 0.6) is 5.75 Å². The lowest BCUT2D eigenvalue weighted by atomic mass is 9.72. The van der Waals surface area contributed by atoms with Crippen LogP contribution in [-0.4, -0.2) is 31.9 Å². The summed E-state index contributed by atoms with van der Waals surface area (Å²) in [6.45, 7) is 6.94. The first-order chi connectivity index (χ1) is 9.08.